The van der Waals surface area contributed by atoms with Gasteiger partial charge in [-0.25, -0.2) is 4.98 Å². The summed E-state index contributed by atoms with van der Waals surface area (Å²) in [5.41, 5.74) is -0.995. The molecule has 0 aliphatic carbocycles. The van der Waals surface area contributed by atoms with E-state index in [-0.39, 0.29) is 17.1 Å². The molecule has 0 atom stereocenters. The number of ketones is 1. The second-order valence-corrected chi connectivity index (χ2v) is 3.76. The summed E-state index contributed by atoms with van der Waals surface area (Å²) in [7, 11) is 0. The van der Waals surface area contributed by atoms with E-state index in [9.17, 15) is 18.0 Å². The first-order valence-electron chi connectivity index (χ1n) is 5.27. The van der Waals surface area contributed by atoms with Gasteiger partial charge in [0, 0.05) is 12.5 Å². The van der Waals surface area contributed by atoms with Crippen molar-refractivity contribution >= 4 is 5.78 Å². The highest BCUT2D eigenvalue weighted by Gasteiger charge is 2.33. The molecular formula is C12H8F3N3O. The van der Waals surface area contributed by atoms with Gasteiger partial charge in [-0.05, 0) is 6.07 Å². The van der Waals surface area contributed by atoms with Crippen LogP contribution in [0.5, 0.6) is 0 Å². The number of benzene rings is 1. The van der Waals surface area contributed by atoms with E-state index in [1.54, 1.807) is 0 Å². The largest absolute Gasteiger partial charge is 0.417 e. The van der Waals surface area contributed by atoms with Crippen LogP contribution in [0.3, 0.4) is 0 Å². The van der Waals surface area contributed by atoms with Crippen molar-refractivity contribution in [3.63, 3.8) is 0 Å². The van der Waals surface area contributed by atoms with Gasteiger partial charge in [0.15, 0.2) is 5.78 Å². The van der Waals surface area contributed by atoms with Gasteiger partial charge in [-0.2, -0.15) is 18.3 Å². The van der Waals surface area contributed by atoms with Gasteiger partial charge in [-0.15, -0.1) is 5.10 Å². The SMILES string of the molecule is CC(=O)c1nncc(-c2ccccc2C(F)(F)F)n1. The van der Waals surface area contributed by atoms with Crippen LogP contribution in [-0.4, -0.2) is 21.0 Å². The molecule has 98 valence electrons. The molecule has 1 aromatic carbocycles. The molecule has 0 amide bonds. The Labute approximate surface area is 106 Å². The summed E-state index contributed by atoms with van der Waals surface area (Å²) in [5, 5.41) is 6.97. The number of hydrogen-bond acceptors (Lipinski definition) is 4. The van der Waals surface area contributed by atoms with Crippen LogP contribution in [0.1, 0.15) is 23.1 Å². The summed E-state index contributed by atoms with van der Waals surface area (Å²) >= 11 is 0. The average Bonchev–Trinajstić information content (AvgIpc) is 2.38. The third kappa shape index (κ3) is 2.75. The van der Waals surface area contributed by atoms with E-state index in [2.05, 4.69) is 15.2 Å². The number of carbonyl (C=O) groups is 1. The Hall–Kier alpha value is -2.31. The summed E-state index contributed by atoms with van der Waals surface area (Å²) in [6, 6.07) is 4.97. The van der Waals surface area contributed by atoms with Crippen molar-refractivity contribution in [1.29, 1.82) is 0 Å². The quantitative estimate of drug-likeness (QED) is 0.785. The van der Waals surface area contributed by atoms with Gasteiger partial charge in [0.25, 0.3) is 0 Å². The molecule has 0 bridgehead atoms. The number of carbonyl (C=O) groups excluding carboxylic acids is 1. The number of rotatable bonds is 2. The van der Waals surface area contributed by atoms with Crippen molar-refractivity contribution in [3.05, 3.63) is 41.9 Å². The van der Waals surface area contributed by atoms with Crippen molar-refractivity contribution in [2.45, 2.75) is 13.1 Å². The molecule has 0 saturated carbocycles. The highest BCUT2D eigenvalue weighted by Crippen LogP contribution is 2.35. The number of halogens is 3. The Morgan fingerprint density at radius 2 is 1.89 bits per heavy atom. The summed E-state index contributed by atoms with van der Waals surface area (Å²) in [6.45, 7) is 1.22. The topological polar surface area (TPSA) is 55.7 Å². The van der Waals surface area contributed by atoms with Gasteiger partial charge in [-0.3, -0.25) is 4.79 Å². The molecule has 19 heavy (non-hydrogen) atoms. The van der Waals surface area contributed by atoms with Gasteiger partial charge < -0.3 is 0 Å². The normalized spacial score (nSPS) is 11.4. The van der Waals surface area contributed by atoms with Crippen LogP contribution >= 0.6 is 0 Å². The summed E-state index contributed by atoms with van der Waals surface area (Å²) < 4.78 is 38.6. The van der Waals surface area contributed by atoms with Crippen LogP contribution in [0.15, 0.2) is 30.5 Å². The zero-order valence-electron chi connectivity index (χ0n) is 9.77. The number of alkyl halides is 3. The smallest absolute Gasteiger partial charge is 0.291 e. The molecule has 0 aliphatic rings. The lowest BCUT2D eigenvalue weighted by Crippen LogP contribution is -2.09. The van der Waals surface area contributed by atoms with Crippen LogP contribution in [0.25, 0.3) is 11.3 Å². The second kappa shape index (κ2) is 4.75. The van der Waals surface area contributed by atoms with Crippen LogP contribution in [-0.2, 0) is 6.18 Å². The summed E-state index contributed by atoms with van der Waals surface area (Å²) in [5.74, 6) is -0.673. The van der Waals surface area contributed by atoms with E-state index in [0.29, 0.717) is 0 Å². The zero-order valence-corrected chi connectivity index (χ0v) is 9.77. The lowest BCUT2D eigenvalue weighted by Gasteiger charge is -2.11. The molecule has 1 aromatic heterocycles. The summed E-state index contributed by atoms with van der Waals surface area (Å²) in [4.78, 5) is 14.9. The van der Waals surface area contributed by atoms with Gasteiger partial charge in [-0.1, -0.05) is 18.2 Å². The predicted molar refractivity (Wildman–Crippen MR) is 60.3 cm³/mol. The van der Waals surface area contributed by atoms with Crippen LogP contribution < -0.4 is 0 Å². The fourth-order valence-electron chi connectivity index (χ4n) is 1.54. The van der Waals surface area contributed by atoms with E-state index in [1.165, 1.54) is 25.1 Å². The van der Waals surface area contributed by atoms with E-state index < -0.39 is 17.5 Å². The van der Waals surface area contributed by atoms with Crippen LogP contribution in [0.2, 0.25) is 0 Å². The minimum atomic E-state index is -4.50. The Balaban J connectivity index is 2.60. The first-order chi connectivity index (χ1) is 8.89. The fraction of sp³-hybridized carbons (Fsp3) is 0.167. The molecular weight excluding hydrogens is 259 g/mol. The van der Waals surface area contributed by atoms with Gasteiger partial charge in [0.1, 0.15) is 0 Å². The molecule has 0 radical (unpaired) electrons. The molecule has 4 nitrogen and oxygen atoms in total. The molecule has 0 saturated heterocycles. The molecule has 0 unspecified atom stereocenters. The molecule has 1 heterocycles. The predicted octanol–water partition coefficient (Wildman–Crippen LogP) is 2.76. The number of Topliss-reactive ketones (excluding diaryl/α,β-unsaturated/α-hetero) is 1. The number of hydrogen-bond donors (Lipinski definition) is 0. The van der Waals surface area contributed by atoms with Crippen molar-refractivity contribution in [2.24, 2.45) is 0 Å². The molecule has 0 aliphatic heterocycles. The highest BCUT2D eigenvalue weighted by molar-refractivity contribution is 5.90. The van der Waals surface area contributed by atoms with E-state index in [4.69, 9.17) is 0 Å². The molecule has 2 aromatic rings. The molecule has 2 rings (SSSR count). The number of aromatic nitrogens is 3. The van der Waals surface area contributed by atoms with E-state index in [1.807, 2.05) is 0 Å². The van der Waals surface area contributed by atoms with E-state index >= 15 is 0 Å². The third-order valence-electron chi connectivity index (χ3n) is 2.38. The van der Waals surface area contributed by atoms with Gasteiger partial charge >= 0.3 is 6.18 Å². The maximum atomic E-state index is 12.9. The van der Waals surface area contributed by atoms with Crippen molar-refractivity contribution in [1.82, 2.24) is 15.2 Å². The lowest BCUT2D eigenvalue weighted by atomic mass is 10.0. The van der Waals surface area contributed by atoms with Crippen molar-refractivity contribution in [2.75, 3.05) is 0 Å². The second-order valence-electron chi connectivity index (χ2n) is 3.76. The standard InChI is InChI=1S/C12H8F3N3O/c1-7(19)11-17-10(6-16-18-11)8-4-2-3-5-9(8)12(13,14)15/h2-6H,1H3. The van der Waals surface area contributed by atoms with Gasteiger partial charge in [0.2, 0.25) is 5.82 Å². The van der Waals surface area contributed by atoms with Crippen molar-refractivity contribution < 1.29 is 18.0 Å². The minimum absolute atomic E-state index is 0.0341. The molecule has 0 N–H and O–H groups in total. The molecule has 0 spiro atoms. The minimum Gasteiger partial charge on any atom is -0.291 e. The molecule has 7 heteroatoms. The van der Waals surface area contributed by atoms with E-state index in [0.717, 1.165) is 12.3 Å². The monoisotopic (exact) mass is 267 g/mol. The zero-order chi connectivity index (χ0) is 14.0. The van der Waals surface area contributed by atoms with Crippen molar-refractivity contribution in [3.8, 4) is 11.3 Å². The first-order valence-corrected chi connectivity index (χ1v) is 5.27. The highest BCUT2D eigenvalue weighted by atomic mass is 19.4. The summed E-state index contributed by atoms with van der Waals surface area (Å²) in [6.07, 6.45) is -3.41. The Kier molecular flexibility index (Phi) is 3.28. The third-order valence-corrected chi connectivity index (χ3v) is 2.38. The maximum absolute atomic E-state index is 12.9. The van der Waals surface area contributed by atoms with Crippen LogP contribution in [0, 0.1) is 0 Å². The van der Waals surface area contributed by atoms with Crippen LogP contribution in [0.4, 0.5) is 13.2 Å². The fourth-order valence-corrected chi connectivity index (χ4v) is 1.54. The Morgan fingerprint density at radius 1 is 1.21 bits per heavy atom. The lowest BCUT2D eigenvalue weighted by molar-refractivity contribution is -0.137. The molecule has 0 fully saturated rings. The average molecular weight is 267 g/mol. The Bertz CT molecular complexity index is 626. The maximum Gasteiger partial charge on any atom is 0.417 e. The Morgan fingerprint density at radius 3 is 2.53 bits per heavy atom. The number of nitrogens with zero attached hydrogens (tertiary/aromatic N) is 3. The van der Waals surface area contributed by atoms with Gasteiger partial charge in [0.05, 0.1) is 17.5 Å². The first kappa shape index (κ1) is 13.1.